The number of benzene rings is 2. The summed E-state index contributed by atoms with van der Waals surface area (Å²) in [6.07, 6.45) is 0.184. The van der Waals surface area contributed by atoms with Crippen LogP contribution in [0.1, 0.15) is 52.0 Å². The number of rotatable bonds is 7. The molecular formula is C23H24N2O3S. The number of hydrogen-bond acceptors (Lipinski definition) is 5. The average molecular weight is 409 g/mol. The topological polar surface area (TPSA) is 68.3 Å². The summed E-state index contributed by atoms with van der Waals surface area (Å²) in [6, 6.07) is 15.1. The zero-order valence-corrected chi connectivity index (χ0v) is 17.6. The van der Waals surface area contributed by atoms with Gasteiger partial charge in [0.05, 0.1) is 17.7 Å². The molecule has 5 nitrogen and oxygen atoms in total. The number of nitrogens with one attached hydrogen (secondary N) is 1. The number of thiazole rings is 1. The number of hydrogen-bond donors (Lipinski definition) is 1. The van der Waals surface area contributed by atoms with Crippen molar-refractivity contribution < 1.29 is 14.3 Å². The molecule has 6 heteroatoms. The third-order valence-corrected chi connectivity index (χ3v) is 5.31. The van der Waals surface area contributed by atoms with Crippen molar-refractivity contribution in [2.75, 3.05) is 5.32 Å². The smallest absolute Gasteiger partial charge is 0.338 e. The van der Waals surface area contributed by atoms with E-state index in [9.17, 15) is 9.59 Å². The van der Waals surface area contributed by atoms with Crippen molar-refractivity contribution in [1.29, 1.82) is 0 Å². The van der Waals surface area contributed by atoms with E-state index in [0.717, 1.165) is 11.3 Å². The average Bonchev–Trinajstić information content (AvgIpc) is 3.15. The van der Waals surface area contributed by atoms with Crippen molar-refractivity contribution in [3.8, 4) is 0 Å². The lowest BCUT2D eigenvalue weighted by atomic mass is 10.0. The van der Waals surface area contributed by atoms with Gasteiger partial charge >= 0.3 is 5.97 Å². The molecule has 3 rings (SSSR count). The molecule has 0 saturated carbocycles. The molecule has 1 amide bonds. The highest BCUT2D eigenvalue weighted by molar-refractivity contribution is 7.09. The molecule has 1 N–H and O–H groups in total. The van der Waals surface area contributed by atoms with Gasteiger partial charge in [-0.1, -0.05) is 43.7 Å². The van der Waals surface area contributed by atoms with Crippen LogP contribution in [0, 0.1) is 6.92 Å². The molecule has 29 heavy (non-hydrogen) atoms. The Morgan fingerprint density at radius 1 is 1.07 bits per heavy atom. The summed E-state index contributed by atoms with van der Waals surface area (Å²) in [5.41, 5.74) is 4.23. The second-order valence-electron chi connectivity index (χ2n) is 7.18. The van der Waals surface area contributed by atoms with E-state index in [-0.39, 0.29) is 24.9 Å². The van der Waals surface area contributed by atoms with Crippen LogP contribution < -0.4 is 5.32 Å². The highest BCUT2D eigenvalue weighted by atomic mass is 32.1. The second-order valence-corrected chi connectivity index (χ2v) is 8.12. The molecule has 0 spiro atoms. The molecule has 0 unspecified atom stereocenters. The van der Waals surface area contributed by atoms with Gasteiger partial charge in [0.2, 0.25) is 5.91 Å². The van der Waals surface area contributed by atoms with E-state index in [2.05, 4.69) is 24.1 Å². The number of carbonyl (C=O) groups is 2. The summed E-state index contributed by atoms with van der Waals surface area (Å²) < 4.78 is 5.34. The summed E-state index contributed by atoms with van der Waals surface area (Å²) in [4.78, 5) is 28.8. The quantitative estimate of drug-likeness (QED) is 0.552. The van der Waals surface area contributed by atoms with Crippen LogP contribution in [-0.2, 0) is 22.6 Å². The third kappa shape index (κ3) is 5.99. The Hall–Kier alpha value is -2.99. The SMILES string of the molecule is Cc1ccc(NC(=O)Cc2nc(COC(=O)c3ccc(C(C)C)cc3)cs2)cc1. The highest BCUT2D eigenvalue weighted by Gasteiger charge is 2.12. The molecule has 0 radical (unpaired) electrons. The Bertz CT molecular complexity index is 976. The largest absolute Gasteiger partial charge is 0.456 e. The minimum absolute atomic E-state index is 0.0842. The van der Waals surface area contributed by atoms with Crippen molar-refractivity contribution in [2.24, 2.45) is 0 Å². The number of anilines is 1. The first-order valence-electron chi connectivity index (χ1n) is 9.47. The van der Waals surface area contributed by atoms with Gasteiger partial charge in [0.15, 0.2) is 0 Å². The molecule has 150 valence electrons. The van der Waals surface area contributed by atoms with Gasteiger partial charge in [-0.3, -0.25) is 4.79 Å². The maximum atomic E-state index is 12.2. The summed E-state index contributed by atoms with van der Waals surface area (Å²) in [6.45, 7) is 6.29. The van der Waals surface area contributed by atoms with E-state index in [0.29, 0.717) is 22.2 Å². The van der Waals surface area contributed by atoms with Crippen LogP contribution in [0.5, 0.6) is 0 Å². The minimum Gasteiger partial charge on any atom is -0.456 e. The van der Waals surface area contributed by atoms with Crippen molar-refractivity contribution >= 4 is 28.9 Å². The molecule has 3 aromatic rings. The molecule has 0 aliphatic carbocycles. The molecule has 1 heterocycles. The first-order chi connectivity index (χ1) is 13.9. The number of esters is 1. The highest BCUT2D eigenvalue weighted by Crippen LogP contribution is 2.17. The predicted octanol–water partition coefficient (Wildman–Crippen LogP) is 5.11. The van der Waals surface area contributed by atoms with Crippen LogP contribution in [0.25, 0.3) is 0 Å². The fourth-order valence-corrected chi connectivity index (χ4v) is 3.48. The van der Waals surface area contributed by atoms with Gasteiger partial charge in [-0.05, 0) is 42.7 Å². The Kier molecular flexibility index (Phi) is 6.77. The first-order valence-corrected chi connectivity index (χ1v) is 10.4. The van der Waals surface area contributed by atoms with E-state index in [4.69, 9.17) is 4.74 Å². The van der Waals surface area contributed by atoms with Crippen LogP contribution in [0.4, 0.5) is 5.69 Å². The summed E-state index contributed by atoms with van der Waals surface area (Å²) in [5.74, 6) is -0.0966. The van der Waals surface area contributed by atoms with Crippen LogP contribution in [0.2, 0.25) is 0 Å². The van der Waals surface area contributed by atoms with Gasteiger partial charge < -0.3 is 10.1 Å². The number of aryl methyl sites for hydroxylation is 1. The molecule has 0 saturated heterocycles. The minimum atomic E-state index is -0.382. The van der Waals surface area contributed by atoms with E-state index in [1.807, 2.05) is 48.7 Å². The molecule has 0 fully saturated rings. The molecule has 0 bridgehead atoms. The molecule has 0 atom stereocenters. The van der Waals surface area contributed by atoms with E-state index in [1.54, 1.807) is 12.1 Å². The zero-order valence-electron chi connectivity index (χ0n) is 16.8. The van der Waals surface area contributed by atoms with Gasteiger partial charge in [0.1, 0.15) is 11.6 Å². The Morgan fingerprint density at radius 2 is 1.76 bits per heavy atom. The Morgan fingerprint density at radius 3 is 2.41 bits per heavy atom. The van der Waals surface area contributed by atoms with Gasteiger partial charge in [-0.15, -0.1) is 11.3 Å². The van der Waals surface area contributed by atoms with Crippen LogP contribution in [-0.4, -0.2) is 16.9 Å². The van der Waals surface area contributed by atoms with Gasteiger partial charge in [-0.2, -0.15) is 0 Å². The summed E-state index contributed by atoms with van der Waals surface area (Å²) in [5, 5.41) is 5.34. The lowest BCUT2D eigenvalue weighted by Gasteiger charge is -2.07. The maximum absolute atomic E-state index is 12.2. The molecular weight excluding hydrogens is 384 g/mol. The fourth-order valence-electron chi connectivity index (χ4n) is 2.70. The Balaban J connectivity index is 1.50. The molecule has 0 aliphatic rings. The third-order valence-electron chi connectivity index (χ3n) is 4.41. The molecule has 0 aliphatic heterocycles. The van der Waals surface area contributed by atoms with Crippen molar-refractivity contribution in [1.82, 2.24) is 4.98 Å². The van der Waals surface area contributed by atoms with Crippen molar-refractivity contribution in [2.45, 2.75) is 39.7 Å². The lowest BCUT2D eigenvalue weighted by Crippen LogP contribution is -2.14. The van der Waals surface area contributed by atoms with Crippen molar-refractivity contribution in [3.05, 3.63) is 81.3 Å². The zero-order chi connectivity index (χ0) is 20.8. The van der Waals surface area contributed by atoms with E-state index < -0.39 is 0 Å². The number of carbonyl (C=O) groups excluding carboxylic acids is 2. The number of nitrogens with zero attached hydrogens (tertiary/aromatic N) is 1. The maximum Gasteiger partial charge on any atom is 0.338 e. The number of aromatic nitrogens is 1. The first kappa shape index (κ1) is 20.7. The Labute approximate surface area is 174 Å². The van der Waals surface area contributed by atoms with E-state index >= 15 is 0 Å². The van der Waals surface area contributed by atoms with Gasteiger partial charge in [0, 0.05) is 11.1 Å². The van der Waals surface area contributed by atoms with Crippen LogP contribution >= 0.6 is 11.3 Å². The van der Waals surface area contributed by atoms with Gasteiger partial charge in [-0.25, -0.2) is 9.78 Å². The summed E-state index contributed by atoms with van der Waals surface area (Å²) in [7, 11) is 0. The predicted molar refractivity (Wildman–Crippen MR) is 115 cm³/mol. The molecule has 1 aromatic heterocycles. The van der Waals surface area contributed by atoms with E-state index in [1.165, 1.54) is 16.9 Å². The monoisotopic (exact) mass is 408 g/mol. The van der Waals surface area contributed by atoms with Gasteiger partial charge in [0.25, 0.3) is 0 Å². The second kappa shape index (κ2) is 9.47. The normalized spacial score (nSPS) is 10.8. The fraction of sp³-hybridized carbons (Fsp3) is 0.261. The van der Waals surface area contributed by atoms with Crippen LogP contribution in [0.15, 0.2) is 53.9 Å². The number of ether oxygens (including phenoxy) is 1. The van der Waals surface area contributed by atoms with Crippen molar-refractivity contribution in [3.63, 3.8) is 0 Å². The summed E-state index contributed by atoms with van der Waals surface area (Å²) >= 11 is 1.38. The lowest BCUT2D eigenvalue weighted by molar-refractivity contribution is -0.115. The standard InChI is InChI=1S/C23H24N2O3S/c1-15(2)17-6-8-18(9-7-17)23(27)28-13-20-14-29-22(25-20)12-21(26)24-19-10-4-16(3)5-11-19/h4-11,14-15H,12-13H2,1-3H3,(H,24,26). The molecule has 2 aromatic carbocycles. The number of amides is 1. The van der Waals surface area contributed by atoms with Crippen LogP contribution in [0.3, 0.4) is 0 Å².